The first-order chi connectivity index (χ1) is 4.49. The number of piperidine rings is 1. The lowest BCUT2D eigenvalue weighted by atomic mass is 10.1. The highest BCUT2D eigenvalue weighted by Crippen LogP contribution is 2.25. The largest absolute Gasteiger partial charge is 0.392 e. The quantitative estimate of drug-likeness (QED) is 0.539. The van der Waals surface area contributed by atoms with E-state index < -0.39 is 18.4 Å². The van der Waals surface area contributed by atoms with Gasteiger partial charge in [0.15, 0.2) is 0 Å². The number of aliphatic hydroxyl groups is 1. The molecule has 1 heterocycles. The molecule has 60 valence electrons. The average Bonchev–Trinajstić information content (AvgIpc) is 1.54. The first kappa shape index (κ1) is 7.88. The predicted octanol–water partition coefficient (Wildman–Crippen LogP) is 0.318. The van der Waals surface area contributed by atoms with E-state index in [4.69, 9.17) is 5.11 Å². The van der Waals surface area contributed by atoms with Crippen LogP contribution in [0.25, 0.3) is 0 Å². The van der Waals surface area contributed by atoms with Crippen LogP contribution in [0.15, 0.2) is 0 Å². The summed E-state index contributed by atoms with van der Waals surface area (Å²) in [5, 5.41) is 8.89. The molecule has 0 aromatic rings. The molecule has 0 unspecified atom stereocenters. The SMILES string of the molecule is CN1C[C@H](O)CC(F)(F)C1. The van der Waals surface area contributed by atoms with Gasteiger partial charge in [0, 0.05) is 13.0 Å². The first-order valence-electron chi connectivity index (χ1n) is 3.24. The Bertz CT molecular complexity index is 117. The van der Waals surface area contributed by atoms with Crippen LogP contribution in [0.3, 0.4) is 0 Å². The topological polar surface area (TPSA) is 23.5 Å². The summed E-state index contributed by atoms with van der Waals surface area (Å²) < 4.78 is 25.0. The van der Waals surface area contributed by atoms with Crippen molar-refractivity contribution < 1.29 is 13.9 Å². The first-order valence-corrected chi connectivity index (χ1v) is 3.24. The number of hydrogen-bond donors (Lipinski definition) is 1. The zero-order valence-corrected chi connectivity index (χ0v) is 5.85. The van der Waals surface area contributed by atoms with Crippen LogP contribution in [-0.4, -0.2) is 42.2 Å². The van der Waals surface area contributed by atoms with Crippen molar-refractivity contribution >= 4 is 0 Å². The number of β-amino-alcohol motifs (C(OH)–C–C–N with tert-alkyl or cyclic N) is 1. The lowest BCUT2D eigenvalue weighted by molar-refractivity contribution is -0.100. The lowest BCUT2D eigenvalue weighted by Gasteiger charge is -2.32. The van der Waals surface area contributed by atoms with Crippen molar-refractivity contribution in [1.29, 1.82) is 0 Å². The van der Waals surface area contributed by atoms with Crippen molar-refractivity contribution in [2.75, 3.05) is 20.1 Å². The molecule has 0 saturated carbocycles. The summed E-state index contributed by atoms with van der Waals surface area (Å²) in [5.41, 5.74) is 0. The van der Waals surface area contributed by atoms with Crippen molar-refractivity contribution in [3.8, 4) is 0 Å². The summed E-state index contributed by atoms with van der Waals surface area (Å²) in [4.78, 5) is 1.44. The second-order valence-electron chi connectivity index (χ2n) is 2.91. The van der Waals surface area contributed by atoms with E-state index in [1.807, 2.05) is 0 Å². The highest BCUT2D eigenvalue weighted by Gasteiger charge is 2.38. The third-order valence-electron chi connectivity index (χ3n) is 1.56. The van der Waals surface area contributed by atoms with Gasteiger partial charge in [0.05, 0.1) is 12.6 Å². The maximum absolute atomic E-state index is 12.5. The van der Waals surface area contributed by atoms with Gasteiger partial charge in [-0.3, -0.25) is 4.90 Å². The normalized spacial score (nSPS) is 34.2. The molecule has 1 aliphatic rings. The molecule has 0 aromatic heterocycles. The molecular formula is C6H11F2NO. The van der Waals surface area contributed by atoms with Gasteiger partial charge in [-0.1, -0.05) is 0 Å². The number of aliphatic hydroxyl groups excluding tert-OH is 1. The molecule has 4 heteroatoms. The van der Waals surface area contributed by atoms with Gasteiger partial charge in [0.1, 0.15) is 0 Å². The Morgan fingerprint density at radius 3 is 2.60 bits per heavy atom. The third kappa shape index (κ3) is 1.88. The maximum Gasteiger partial charge on any atom is 0.263 e. The monoisotopic (exact) mass is 151 g/mol. The Hall–Kier alpha value is -0.220. The van der Waals surface area contributed by atoms with Crippen molar-refractivity contribution in [2.24, 2.45) is 0 Å². The molecular weight excluding hydrogens is 140 g/mol. The minimum absolute atomic E-state index is 0.232. The zero-order valence-electron chi connectivity index (χ0n) is 5.85. The minimum atomic E-state index is -2.70. The summed E-state index contributed by atoms with van der Waals surface area (Å²) in [5.74, 6) is -2.70. The highest BCUT2D eigenvalue weighted by molar-refractivity contribution is 4.81. The number of likely N-dealkylation sites (N-methyl/N-ethyl adjacent to an activating group) is 1. The van der Waals surface area contributed by atoms with E-state index >= 15 is 0 Å². The molecule has 2 nitrogen and oxygen atoms in total. The fraction of sp³-hybridized carbons (Fsp3) is 1.00. The average molecular weight is 151 g/mol. The molecule has 1 aliphatic heterocycles. The molecule has 0 radical (unpaired) electrons. The van der Waals surface area contributed by atoms with Crippen molar-refractivity contribution in [3.63, 3.8) is 0 Å². The molecule has 1 saturated heterocycles. The number of hydrogen-bond acceptors (Lipinski definition) is 2. The van der Waals surface area contributed by atoms with Crippen LogP contribution in [0.2, 0.25) is 0 Å². The zero-order chi connectivity index (χ0) is 7.78. The van der Waals surface area contributed by atoms with Crippen LogP contribution in [0.4, 0.5) is 8.78 Å². The van der Waals surface area contributed by atoms with Gasteiger partial charge in [-0.25, -0.2) is 8.78 Å². The maximum atomic E-state index is 12.5. The molecule has 0 bridgehead atoms. The number of likely N-dealkylation sites (tertiary alicyclic amines) is 1. The standard InChI is InChI=1S/C6H11F2NO/c1-9-3-5(10)2-6(7,8)4-9/h5,10H,2-4H2,1H3/t5-/m1/s1. The molecule has 10 heavy (non-hydrogen) atoms. The molecule has 1 N–H and O–H groups in total. The van der Waals surface area contributed by atoms with E-state index in [0.29, 0.717) is 6.54 Å². The second kappa shape index (κ2) is 2.43. The van der Waals surface area contributed by atoms with Gasteiger partial charge >= 0.3 is 0 Å². The fourth-order valence-corrected chi connectivity index (χ4v) is 1.29. The van der Waals surface area contributed by atoms with Gasteiger partial charge in [-0.05, 0) is 7.05 Å². The Morgan fingerprint density at radius 2 is 2.20 bits per heavy atom. The van der Waals surface area contributed by atoms with E-state index in [9.17, 15) is 8.78 Å². The highest BCUT2D eigenvalue weighted by atomic mass is 19.3. The molecule has 0 aromatic carbocycles. The molecule has 1 fully saturated rings. The molecule has 0 amide bonds. The van der Waals surface area contributed by atoms with E-state index in [-0.39, 0.29) is 6.54 Å². The Balaban J connectivity index is 2.51. The van der Waals surface area contributed by atoms with E-state index in [1.54, 1.807) is 7.05 Å². The number of alkyl halides is 2. The van der Waals surface area contributed by atoms with E-state index in [1.165, 1.54) is 4.90 Å². The van der Waals surface area contributed by atoms with Gasteiger partial charge in [-0.15, -0.1) is 0 Å². The van der Waals surface area contributed by atoms with Gasteiger partial charge < -0.3 is 5.11 Å². The summed E-state index contributed by atoms with van der Waals surface area (Å²) in [7, 11) is 1.58. The smallest absolute Gasteiger partial charge is 0.263 e. The molecule has 0 aliphatic carbocycles. The minimum Gasteiger partial charge on any atom is -0.392 e. The summed E-state index contributed by atoms with van der Waals surface area (Å²) >= 11 is 0. The van der Waals surface area contributed by atoms with E-state index in [0.717, 1.165) is 0 Å². The van der Waals surface area contributed by atoms with Crippen LogP contribution < -0.4 is 0 Å². The number of rotatable bonds is 0. The number of halogens is 2. The second-order valence-corrected chi connectivity index (χ2v) is 2.91. The van der Waals surface area contributed by atoms with Gasteiger partial charge in [-0.2, -0.15) is 0 Å². The van der Waals surface area contributed by atoms with Crippen molar-refractivity contribution in [3.05, 3.63) is 0 Å². The molecule has 1 atom stereocenters. The lowest BCUT2D eigenvalue weighted by Crippen LogP contribution is -2.47. The van der Waals surface area contributed by atoms with Gasteiger partial charge in [0.25, 0.3) is 5.92 Å². The van der Waals surface area contributed by atoms with Crippen molar-refractivity contribution in [1.82, 2.24) is 4.90 Å². The van der Waals surface area contributed by atoms with Crippen LogP contribution in [-0.2, 0) is 0 Å². The summed E-state index contributed by atoms with van der Waals surface area (Å²) in [6.45, 7) is 0.125. The third-order valence-corrected chi connectivity index (χ3v) is 1.56. The fourth-order valence-electron chi connectivity index (χ4n) is 1.29. The predicted molar refractivity (Wildman–Crippen MR) is 33.1 cm³/mol. The molecule has 1 rings (SSSR count). The Kier molecular flexibility index (Phi) is 1.92. The van der Waals surface area contributed by atoms with Crippen LogP contribution in [0.5, 0.6) is 0 Å². The van der Waals surface area contributed by atoms with Crippen LogP contribution >= 0.6 is 0 Å². The van der Waals surface area contributed by atoms with Gasteiger partial charge in [0.2, 0.25) is 0 Å². The number of nitrogens with zero attached hydrogens (tertiary/aromatic N) is 1. The van der Waals surface area contributed by atoms with Crippen molar-refractivity contribution in [2.45, 2.75) is 18.4 Å². The Labute approximate surface area is 58.4 Å². The summed E-state index contributed by atoms with van der Waals surface area (Å²) in [6, 6.07) is 0. The van der Waals surface area contributed by atoms with Crippen LogP contribution in [0, 0.1) is 0 Å². The molecule has 0 spiro atoms. The summed E-state index contributed by atoms with van der Waals surface area (Å²) in [6.07, 6.45) is -1.26. The van der Waals surface area contributed by atoms with E-state index in [2.05, 4.69) is 0 Å². The Morgan fingerprint density at radius 1 is 1.60 bits per heavy atom. The van der Waals surface area contributed by atoms with Crippen LogP contribution in [0.1, 0.15) is 6.42 Å².